The van der Waals surface area contributed by atoms with Crippen LogP contribution in [0.3, 0.4) is 0 Å². The van der Waals surface area contributed by atoms with Gasteiger partial charge in [-0.2, -0.15) is 0 Å². The van der Waals surface area contributed by atoms with Crippen LogP contribution in [0.1, 0.15) is 31.4 Å². The van der Waals surface area contributed by atoms with Crippen molar-refractivity contribution in [3.05, 3.63) is 34.3 Å². The fraction of sp³-hybridized carbons (Fsp3) is 0.600. The second-order valence-electron chi connectivity index (χ2n) is 7.29. The molecule has 1 amide bonds. The van der Waals surface area contributed by atoms with E-state index in [1.54, 1.807) is 0 Å². The predicted octanol–water partition coefficient (Wildman–Crippen LogP) is 2.23. The van der Waals surface area contributed by atoms with Crippen LogP contribution in [-0.2, 0) is 4.79 Å². The third-order valence-corrected chi connectivity index (χ3v) is 5.91. The average molecular weight is 436 g/mol. The van der Waals surface area contributed by atoms with Gasteiger partial charge in [0.15, 0.2) is 5.96 Å². The summed E-state index contributed by atoms with van der Waals surface area (Å²) in [5, 5.41) is 6.36. The lowest BCUT2D eigenvalue weighted by atomic mass is 10.1. The summed E-state index contributed by atoms with van der Waals surface area (Å²) in [6.07, 6.45) is 2.09. The molecule has 2 aliphatic rings. The number of carbonyl (C=O) groups excluding carboxylic acids is 1. The topological polar surface area (TPSA) is 60.0 Å². The van der Waals surface area contributed by atoms with Crippen molar-refractivity contribution in [3.8, 4) is 0 Å². The molecule has 1 heterocycles. The van der Waals surface area contributed by atoms with Gasteiger partial charge < -0.3 is 15.5 Å². The van der Waals surface area contributed by atoms with E-state index in [1.807, 2.05) is 7.05 Å². The van der Waals surface area contributed by atoms with Crippen LogP contribution < -0.4 is 10.6 Å². The van der Waals surface area contributed by atoms with Gasteiger partial charge in [-0.1, -0.05) is 28.1 Å². The highest BCUT2D eigenvalue weighted by Crippen LogP contribution is 2.28. The molecule has 0 spiro atoms. The number of nitrogens with one attached hydrogen (secondary N) is 2. The molecule has 1 aliphatic carbocycles. The van der Waals surface area contributed by atoms with Gasteiger partial charge in [-0.05, 0) is 37.5 Å². The Morgan fingerprint density at radius 3 is 2.37 bits per heavy atom. The Hall–Kier alpha value is -1.60. The minimum atomic E-state index is 0.197. The number of benzene rings is 1. The molecule has 2 N–H and O–H groups in total. The van der Waals surface area contributed by atoms with Crippen molar-refractivity contribution < 1.29 is 4.79 Å². The maximum absolute atomic E-state index is 11.7. The van der Waals surface area contributed by atoms with E-state index in [9.17, 15) is 4.79 Å². The summed E-state index contributed by atoms with van der Waals surface area (Å²) in [5.41, 5.74) is 1.35. The molecular formula is C20H30BrN5O. The molecule has 0 radical (unpaired) electrons. The van der Waals surface area contributed by atoms with Crippen LogP contribution in [0.4, 0.5) is 0 Å². The van der Waals surface area contributed by atoms with Crippen LogP contribution >= 0.6 is 15.9 Å². The first kappa shape index (κ1) is 20.1. The van der Waals surface area contributed by atoms with Crippen LogP contribution in [-0.4, -0.2) is 68.0 Å². The van der Waals surface area contributed by atoms with Gasteiger partial charge in [0.05, 0.1) is 0 Å². The highest BCUT2D eigenvalue weighted by Gasteiger charge is 2.29. The highest BCUT2D eigenvalue weighted by atomic mass is 79.9. The van der Waals surface area contributed by atoms with E-state index in [1.165, 1.54) is 5.56 Å². The summed E-state index contributed by atoms with van der Waals surface area (Å²) in [6, 6.07) is 9.01. The highest BCUT2D eigenvalue weighted by molar-refractivity contribution is 9.10. The summed E-state index contributed by atoms with van der Waals surface area (Å²) < 4.78 is 1.12. The summed E-state index contributed by atoms with van der Waals surface area (Å²) in [7, 11) is 1.82. The van der Waals surface area contributed by atoms with Gasteiger partial charge in [0, 0.05) is 62.7 Å². The molecule has 1 aromatic rings. The number of carbonyl (C=O) groups is 1. The summed E-state index contributed by atoms with van der Waals surface area (Å²) in [5.74, 6) is 1.39. The van der Waals surface area contributed by atoms with Gasteiger partial charge in [0.25, 0.3) is 0 Å². The molecule has 1 saturated carbocycles. The number of halogens is 1. The van der Waals surface area contributed by atoms with E-state index >= 15 is 0 Å². The number of amides is 1. The van der Waals surface area contributed by atoms with Crippen molar-refractivity contribution in [1.82, 2.24) is 20.4 Å². The molecular weight excluding hydrogens is 406 g/mol. The van der Waals surface area contributed by atoms with E-state index in [0.717, 1.165) is 49.5 Å². The lowest BCUT2D eigenvalue weighted by molar-refractivity contribution is -0.122. The summed E-state index contributed by atoms with van der Waals surface area (Å²) in [6.45, 7) is 7.56. The normalized spacial score (nSPS) is 19.7. The minimum Gasteiger partial charge on any atom is -0.354 e. The molecule has 1 saturated heterocycles. The number of piperazine rings is 1. The van der Waals surface area contributed by atoms with E-state index in [0.29, 0.717) is 19.1 Å². The maximum atomic E-state index is 11.7. The molecule has 1 atom stereocenters. The molecule has 1 aromatic carbocycles. The number of rotatable bonds is 6. The molecule has 1 aliphatic heterocycles. The smallest absolute Gasteiger partial charge is 0.223 e. The summed E-state index contributed by atoms with van der Waals surface area (Å²) in [4.78, 5) is 20.9. The fourth-order valence-electron chi connectivity index (χ4n) is 3.46. The largest absolute Gasteiger partial charge is 0.354 e. The third kappa shape index (κ3) is 5.69. The molecule has 0 bridgehead atoms. The van der Waals surface area contributed by atoms with Gasteiger partial charge >= 0.3 is 0 Å². The quantitative estimate of drug-likeness (QED) is 0.408. The van der Waals surface area contributed by atoms with Gasteiger partial charge in [-0.3, -0.25) is 14.7 Å². The van der Waals surface area contributed by atoms with Crippen LogP contribution in [0.2, 0.25) is 0 Å². The second-order valence-corrected chi connectivity index (χ2v) is 8.21. The molecule has 3 rings (SSSR count). The Kier molecular flexibility index (Phi) is 7.13. The number of aliphatic imine (C=N–C) groups is 1. The molecule has 6 nitrogen and oxygen atoms in total. The van der Waals surface area contributed by atoms with Crippen molar-refractivity contribution >= 4 is 27.8 Å². The van der Waals surface area contributed by atoms with Gasteiger partial charge in [0.1, 0.15) is 0 Å². The first-order valence-electron chi connectivity index (χ1n) is 9.81. The SMILES string of the molecule is CN=C(NCCNC(=O)C1CC1)N1CCN(C(C)c2ccc(Br)cc2)CC1. The number of guanidine groups is 1. The van der Waals surface area contributed by atoms with Crippen molar-refractivity contribution in [2.45, 2.75) is 25.8 Å². The summed E-state index contributed by atoms with van der Waals surface area (Å²) >= 11 is 3.50. The minimum absolute atomic E-state index is 0.197. The van der Waals surface area contributed by atoms with Crippen molar-refractivity contribution in [2.24, 2.45) is 10.9 Å². The Labute approximate surface area is 170 Å². The van der Waals surface area contributed by atoms with E-state index in [4.69, 9.17) is 0 Å². The Morgan fingerprint density at radius 1 is 1.15 bits per heavy atom. The number of nitrogens with zero attached hydrogens (tertiary/aromatic N) is 3. The predicted molar refractivity (Wildman–Crippen MR) is 113 cm³/mol. The number of hydrogen-bond acceptors (Lipinski definition) is 3. The molecule has 148 valence electrons. The van der Waals surface area contributed by atoms with Crippen molar-refractivity contribution in [1.29, 1.82) is 0 Å². The maximum Gasteiger partial charge on any atom is 0.223 e. The second kappa shape index (κ2) is 9.55. The first-order valence-corrected chi connectivity index (χ1v) is 10.6. The van der Waals surface area contributed by atoms with E-state index in [2.05, 4.69) is 72.5 Å². The van der Waals surface area contributed by atoms with Crippen molar-refractivity contribution in [2.75, 3.05) is 46.3 Å². The van der Waals surface area contributed by atoms with E-state index < -0.39 is 0 Å². The van der Waals surface area contributed by atoms with Gasteiger partial charge in [-0.25, -0.2) is 0 Å². The first-order chi connectivity index (χ1) is 13.1. The van der Waals surface area contributed by atoms with Gasteiger partial charge in [-0.15, -0.1) is 0 Å². The number of hydrogen-bond donors (Lipinski definition) is 2. The van der Waals surface area contributed by atoms with Crippen LogP contribution in [0, 0.1) is 5.92 Å². The standard InChI is InChI=1S/C20H30BrN5O/c1-15(16-5-7-18(21)8-6-16)25-11-13-26(14-12-25)20(22-2)24-10-9-23-19(27)17-3-4-17/h5-8,15,17H,3-4,9-14H2,1-2H3,(H,22,24)(H,23,27). The Balaban J connectivity index is 1.41. The third-order valence-electron chi connectivity index (χ3n) is 5.38. The molecule has 7 heteroatoms. The van der Waals surface area contributed by atoms with Crippen molar-refractivity contribution in [3.63, 3.8) is 0 Å². The molecule has 0 aromatic heterocycles. The Bertz CT molecular complexity index is 651. The lowest BCUT2D eigenvalue weighted by Gasteiger charge is -2.39. The zero-order chi connectivity index (χ0) is 19.2. The monoisotopic (exact) mass is 435 g/mol. The lowest BCUT2D eigenvalue weighted by Crippen LogP contribution is -2.53. The van der Waals surface area contributed by atoms with Crippen LogP contribution in [0.15, 0.2) is 33.7 Å². The molecule has 27 heavy (non-hydrogen) atoms. The molecule has 2 fully saturated rings. The fourth-order valence-corrected chi connectivity index (χ4v) is 3.72. The van der Waals surface area contributed by atoms with Gasteiger partial charge in [0.2, 0.25) is 5.91 Å². The molecule has 1 unspecified atom stereocenters. The van der Waals surface area contributed by atoms with Crippen LogP contribution in [0.5, 0.6) is 0 Å². The Morgan fingerprint density at radius 2 is 1.78 bits per heavy atom. The average Bonchev–Trinajstić information content (AvgIpc) is 3.54. The zero-order valence-electron chi connectivity index (χ0n) is 16.2. The zero-order valence-corrected chi connectivity index (χ0v) is 17.8. The van der Waals surface area contributed by atoms with E-state index in [-0.39, 0.29) is 11.8 Å². The van der Waals surface area contributed by atoms with Crippen LogP contribution in [0.25, 0.3) is 0 Å².